The molecule has 0 aliphatic rings. The summed E-state index contributed by atoms with van der Waals surface area (Å²) in [6.07, 6.45) is 4.23. The molecule has 20 heavy (non-hydrogen) atoms. The number of aryl methyl sites for hydroxylation is 1. The zero-order valence-corrected chi connectivity index (χ0v) is 11.8. The van der Waals surface area contributed by atoms with Crippen LogP contribution in [0.3, 0.4) is 0 Å². The summed E-state index contributed by atoms with van der Waals surface area (Å²) in [4.78, 5) is 11.9. The number of nitrogens with one attached hydrogen (secondary N) is 1. The van der Waals surface area contributed by atoms with Gasteiger partial charge in [0.1, 0.15) is 5.75 Å². The lowest BCUT2D eigenvalue weighted by molar-refractivity contribution is 0.0951. The van der Waals surface area contributed by atoms with Gasteiger partial charge in [0, 0.05) is 19.8 Å². The van der Waals surface area contributed by atoms with Crippen molar-refractivity contribution in [2.24, 2.45) is 7.05 Å². The number of ether oxygens (including phenoxy) is 1. The molecule has 0 spiro atoms. The minimum absolute atomic E-state index is 0.121. The lowest BCUT2D eigenvalue weighted by atomic mass is 10.2. The number of hydrogen-bond acceptors (Lipinski definition) is 3. The SMILES string of the molecule is CCCOc1ccc(CNC(=O)c2cnn(C)c2)cc1. The van der Waals surface area contributed by atoms with Crippen LogP contribution in [0.2, 0.25) is 0 Å². The van der Waals surface area contributed by atoms with E-state index in [2.05, 4.69) is 17.3 Å². The summed E-state index contributed by atoms with van der Waals surface area (Å²) in [6, 6.07) is 7.74. The highest BCUT2D eigenvalue weighted by Gasteiger charge is 2.07. The monoisotopic (exact) mass is 273 g/mol. The summed E-state index contributed by atoms with van der Waals surface area (Å²) < 4.78 is 7.12. The van der Waals surface area contributed by atoms with Gasteiger partial charge in [-0.25, -0.2) is 0 Å². The molecule has 1 aromatic carbocycles. The van der Waals surface area contributed by atoms with Crippen molar-refractivity contribution in [1.29, 1.82) is 0 Å². The molecule has 0 bridgehead atoms. The average Bonchev–Trinajstić information content (AvgIpc) is 2.90. The molecule has 0 aliphatic heterocycles. The summed E-state index contributed by atoms with van der Waals surface area (Å²) in [5, 5.41) is 6.83. The number of rotatable bonds is 6. The Bertz CT molecular complexity index is 561. The summed E-state index contributed by atoms with van der Waals surface area (Å²) in [5.74, 6) is 0.735. The van der Waals surface area contributed by atoms with Gasteiger partial charge in [-0.2, -0.15) is 5.10 Å². The second-order valence-corrected chi connectivity index (χ2v) is 4.58. The van der Waals surface area contributed by atoms with Gasteiger partial charge >= 0.3 is 0 Å². The van der Waals surface area contributed by atoms with Gasteiger partial charge in [-0.3, -0.25) is 9.48 Å². The van der Waals surface area contributed by atoms with Crippen molar-refractivity contribution < 1.29 is 9.53 Å². The largest absolute Gasteiger partial charge is 0.494 e. The first-order chi connectivity index (χ1) is 9.69. The van der Waals surface area contributed by atoms with Crippen molar-refractivity contribution in [2.75, 3.05) is 6.61 Å². The number of carbonyl (C=O) groups excluding carboxylic acids is 1. The van der Waals surface area contributed by atoms with Gasteiger partial charge in [0.05, 0.1) is 18.4 Å². The molecule has 0 fully saturated rings. The molecule has 2 rings (SSSR count). The first-order valence-corrected chi connectivity index (χ1v) is 6.67. The third-order valence-electron chi connectivity index (χ3n) is 2.82. The molecule has 5 nitrogen and oxygen atoms in total. The van der Waals surface area contributed by atoms with Crippen molar-refractivity contribution >= 4 is 5.91 Å². The van der Waals surface area contributed by atoms with Gasteiger partial charge in [-0.05, 0) is 24.1 Å². The van der Waals surface area contributed by atoms with Crippen LogP contribution in [-0.2, 0) is 13.6 Å². The zero-order valence-electron chi connectivity index (χ0n) is 11.8. The average molecular weight is 273 g/mol. The summed E-state index contributed by atoms with van der Waals surface area (Å²) in [5.41, 5.74) is 1.60. The van der Waals surface area contributed by atoms with Gasteiger partial charge in [-0.1, -0.05) is 19.1 Å². The number of benzene rings is 1. The van der Waals surface area contributed by atoms with Crippen LogP contribution in [-0.4, -0.2) is 22.3 Å². The van der Waals surface area contributed by atoms with Gasteiger partial charge in [0.2, 0.25) is 0 Å². The molecule has 106 valence electrons. The van der Waals surface area contributed by atoms with Crippen LogP contribution in [0.25, 0.3) is 0 Å². The van der Waals surface area contributed by atoms with Crippen LogP contribution in [0.1, 0.15) is 29.3 Å². The van der Waals surface area contributed by atoms with Gasteiger partial charge < -0.3 is 10.1 Å². The number of carbonyl (C=O) groups is 1. The Kier molecular flexibility index (Phi) is 4.76. The van der Waals surface area contributed by atoms with Gasteiger partial charge in [0.15, 0.2) is 0 Å². The van der Waals surface area contributed by atoms with E-state index in [1.54, 1.807) is 24.1 Å². The highest BCUT2D eigenvalue weighted by Crippen LogP contribution is 2.12. The smallest absolute Gasteiger partial charge is 0.254 e. The molecular weight excluding hydrogens is 254 g/mol. The van der Waals surface area contributed by atoms with Crippen LogP contribution < -0.4 is 10.1 Å². The Morgan fingerprint density at radius 1 is 1.35 bits per heavy atom. The number of amides is 1. The second kappa shape index (κ2) is 6.75. The van der Waals surface area contributed by atoms with E-state index in [-0.39, 0.29) is 5.91 Å². The second-order valence-electron chi connectivity index (χ2n) is 4.58. The van der Waals surface area contributed by atoms with Crippen molar-refractivity contribution in [3.63, 3.8) is 0 Å². The molecular formula is C15H19N3O2. The minimum Gasteiger partial charge on any atom is -0.494 e. The molecule has 2 aromatic rings. The third kappa shape index (κ3) is 3.85. The van der Waals surface area contributed by atoms with E-state index in [4.69, 9.17) is 4.74 Å². The van der Waals surface area contributed by atoms with Crippen LogP contribution >= 0.6 is 0 Å². The molecule has 1 N–H and O–H groups in total. The van der Waals surface area contributed by atoms with Crippen molar-refractivity contribution in [2.45, 2.75) is 19.9 Å². The van der Waals surface area contributed by atoms with Gasteiger partial charge in [-0.15, -0.1) is 0 Å². The first kappa shape index (κ1) is 14.1. The van der Waals surface area contributed by atoms with E-state index in [1.807, 2.05) is 24.3 Å². The third-order valence-corrected chi connectivity index (χ3v) is 2.82. The molecule has 0 saturated heterocycles. The maximum Gasteiger partial charge on any atom is 0.254 e. The van der Waals surface area contributed by atoms with Crippen molar-refractivity contribution in [3.8, 4) is 5.75 Å². The topological polar surface area (TPSA) is 56.1 Å². The molecule has 0 aliphatic carbocycles. The molecule has 1 aromatic heterocycles. The minimum atomic E-state index is -0.121. The standard InChI is InChI=1S/C15H19N3O2/c1-3-8-20-14-6-4-12(5-7-14)9-16-15(19)13-10-17-18(2)11-13/h4-7,10-11H,3,8-9H2,1-2H3,(H,16,19). The van der Waals surface area contributed by atoms with Crippen LogP contribution in [0, 0.1) is 0 Å². The highest BCUT2D eigenvalue weighted by molar-refractivity contribution is 5.93. The molecule has 0 atom stereocenters. The fourth-order valence-electron chi connectivity index (χ4n) is 1.75. The number of nitrogens with zero attached hydrogens (tertiary/aromatic N) is 2. The van der Waals surface area contributed by atoms with Gasteiger partial charge in [0.25, 0.3) is 5.91 Å². The maximum absolute atomic E-state index is 11.9. The Labute approximate surface area is 118 Å². The van der Waals surface area contributed by atoms with Crippen LogP contribution in [0.4, 0.5) is 0 Å². The van der Waals surface area contributed by atoms with Crippen LogP contribution in [0.5, 0.6) is 5.75 Å². The summed E-state index contributed by atoms with van der Waals surface area (Å²) >= 11 is 0. The molecule has 0 saturated carbocycles. The summed E-state index contributed by atoms with van der Waals surface area (Å²) in [7, 11) is 1.78. The Hall–Kier alpha value is -2.30. The molecule has 1 amide bonds. The fraction of sp³-hybridized carbons (Fsp3) is 0.333. The highest BCUT2D eigenvalue weighted by atomic mass is 16.5. The normalized spacial score (nSPS) is 10.3. The lowest BCUT2D eigenvalue weighted by Crippen LogP contribution is -2.22. The van der Waals surface area contributed by atoms with E-state index in [1.165, 1.54) is 0 Å². The molecule has 1 heterocycles. The number of hydrogen-bond donors (Lipinski definition) is 1. The zero-order chi connectivity index (χ0) is 14.4. The van der Waals surface area contributed by atoms with E-state index in [9.17, 15) is 4.79 Å². The first-order valence-electron chi connectivity index (χ1n) is 6.67. The predicted molar refractivity (Wildman–Crippen MR) is 76.6 cm³/mol. The maximum atomic E-state index is 11.9. The quantitative estimate of drug-likeness (QED) is 0.877. The Morgan fingerprint density at radius 2 is 2.10 bits per heavy atom. The van der Waals surface area contributed by atoms with Crippen molar-refractivity contribution in [1.82, 2.24) is 15.1 Å². The van der Waals surface area contributed by atoms with E-state index in [0.29, 0.717) is 12.1 Å². The lowest BCUT2D eigenvalue weighted by Gasteiger charge is -2.07. The molecule has 5 heteroatoms. The van der Waals surface area contributed by atoms with Crippen LogP contribution in [0.15, 0.2) is 36.7 Å². The Morgan fingerprint density at radius 3 is 2.70 bits per heavy atom. The number of aromatic nitrogens is 2. The molecule has 0 radical (unpaired) electrons. The fourth-order valence-corrected chi connectivity index (χ4v) is 1.75. The van der Waals surface area contributed by atoms with E-state index >= 15 is 0 Å². The predicted octanol–water partition coefficient (Wildman–Crippen LogP) is 2.14. The Balaban J connectivity index is 1.86. The van der Waals surface area contributed by atoms with Crippen molar-refractivity contribution in [3.05, 3.63) is 47.8 Å². The molecule has 0 unspecified atom stereocenters. The van der Waals surface area contributed by atoms with E-state index < -0.39 is 0 Å². The van der Waals surface area contributed by atoms with E-state index in [0.717, 1.165) is 24.3 Å². The summed E-state index contributed by atoms with van der Waals surface area (Å²) in [6.45, 7) is 3.28.